The third-order valence-corrected chi connectivity index (χ3v) is 5.50. The lowest BCUT2D eigenvalue weighted by Crippen LogP contribution is -2.34. The lowest BCUT2D eigenvalue weighted by atomic mass is 9.96. The van der Waals surface area contributed by atoms with Gasteiger partial charge in [0.1, 0.15) is 24.7 Å². The number of hydrogen-bond acceptors (Lipinski definition) is 5. The molecule has 0 saturated heterocycles. The topological polar surface area (TPSA) is 74.2 Å². The summed E-state index contributed by atoms with van der Waals surface area (Å²) in [6, 6.07) is 21.1. The molecule has 34 heavy (non-hydrogen) atoms. The molecule has 6 heteroatoms. The number of carboxylic acids is 1. The van der Waals surface area contributed by atoms with Gasteiger partial charge in [-0.25, -0.2) is 0 Å². The summed E-state index contributed by atoms with van der Waals surface area (Å²) in [7, 11) is 1.65. The number of carboxylic acid groups (broad SMARTS) is 1. The Kier molecular flexibility index (Phi) is 7.24. The first-order valence-corrected chi connectivity index (χ1v) is 11.0. The van der Waals surface area contributed by atoms with E-state index < -0.39 is 5.97 Å². The highest BCUT2D eigenvalue weighted by atomic mass is 16.6. The van der Waals surface area contributed by atoms with Crippen LogP contribution in [0.2, 0.25) is 0 Å². The third kappa shape index (κ3) is 5.62. The maximum Gasteiger partial charge on any atom is 0.304 e. The Morgan fingerprint density at radius 3 is 2.41 bits per heavy atom. The molecule has 1 unspecified atom stereocenters. The lowest BCUT2D eigenvalue weighted by Gasteiger charge is -2.27. The smallest absolute Gasteiger partial charge is 0.304 e. The van der Waals surface area contributed by atoms with Crippen LogP contribution in [-0.4, -0.2) is 37.5 Å². The van der Waals surface area contributed by atoms with Crippen LogP contribution in [0, 0.1) is 11.8 Å². The summed E-state index contributed by atoms with van der Waals surface area (Å²) >= 11 is 0. The van der Waals surface area contributed by atoms with E-state index in [1.807, 2.05) is 66.7 Å². The monoisotopic (exact) mass is 458 g/mol. The number of fused-ring (bicyclic) bond motifs is 1. The normalized spacial score (nSPS) is 14.9. The maximum atomic E-state index is 11.1. The highest BCUT2D eigenvalue weighted by molar-refractivity contribution is 5.69. The minimum atomic E-state index is -0.877. The summed E-state index contributed by atoms with van der Waals surface area (Å²) in [6.45, 7) is 2.41. The van der Waals surface area contributed by atoms with Gasteiger partial charge in [-0.15, -0.1) is 5.92 Å². The molecule has 1 N–H and O–H groups in total. The molecular formula is C28H26O6. The summed E-state index contributed by atoms with van der Waals surface area (Å²) in [5.41, 5.74) is 2.93. The van der Waals surface area contributed by atoms with Gasteiger partial charge in [-0.05, 0) is 60.0 Å². The van der Waals surface area contributed by atoms with Gasteiger partial charge in [0.25, 0.3) is 0 Å². The first-order valence-electron chi connectivity index (χ1n) is 11.0. The van der Waals surface area contributed by atoms with E-state index in [4.69, 9.17) is 24.1 Å². The van der Waals surface area contributed by atoms with Crippen molar-refractivity contribution >= 4 is 5.97 Å². The van der Waals surface area contributed by atoms with Crippen LogP contribution in [-0.2, 0) is 4.79 Å². The predicted molar refractivity (Wildman–Crippen MR) is 129 cm³/mol. The fourth-order valence-electron chi connectivity index (χ4n) is 3.75. The molecule has 1 aliphatic heterocycles. The van der Waals surface area contributed by atoms with Crippen LogP contribution in [0.3, 0.4) is 0 Å². The molecular weight excluding hydrogens is 432 g/mol. The van der Waals surface area contributed by atoms with Crippen LogP contribution in [0.4, 0.5) is 0 Å². The fraction of sp³-hybridized carbons (Fsp3) is 0.250. The van der Waals surface area contributed by atoms with Gasteiger partial charge in [0.15, 0.2) is 17.6 Å². The van der Waals surface area contributed by atoms with Gasteiger partial charge >= 0.3 is 5.97 Å². The molecule has 0 amide bonds. The molecule has 1 heterocycles. The van der Waals surface area contributed by atoms with Crippen molar-refractivity contribution in [3.63, 3.8) is 0 Å². The molecule has 6 nitrogen and oxygen atoms in total. The molecule has 0 radical (unpaired) electrons. The van der Waals surface area contributed by atoms with Crippen molar-refractivity contribution in [1.29, 1.82) is 0 Å². The van der Waals surface area contributed by atoms with Crippen LogP contribution < -0.4 is 18.9 Å². The molecule has 0 spiro atoms. The number of hydrogen-bond donors (Lipinski definition) is 1. The number of ether oxygens (including phenoxy) is 4. The van der Waals surface area contributed by atoms with Crippen molar-refractivity contribution in [3.05, 3.63) is 72.3 Å². The Morgan fingerprint density at radius 1 is 1.03 bits per heavy atom. The van der Waals surface area contributed by atoms with Gasteiger partial charge in [-0.1, -0.05) is 36.3 Å². The number of rotatable bonds is 8. The number of benzene rings is 3. The Morgan fingerprint density at radius 2 is 1.74 bits per heavy atom. The largest absolute Gasteiger partial charge is 0.497 e. The molecule has 1 aliphatic rings. The van der Waals surface area contributed by atoms with E-state index in [0.29, 0.717) is 30.5 Å². The first kappa shape index (κ1) is 23.1. The quantitative estimate of drug-likeness (QED) is 0.470. The van der Waals surface area contributed by atoms with Gasteiger partial charge in [0.2, 0.25) is 0 Å². The van der Waals surface area contributed by atoms with E-state index in [1.165, 1.54) is 0 Å². The lowest BCUT2D eigenvalue weighted by molar-refractivity contribution is -0.137. The van der Waals surface area contributed by atoms with Gasteiger partial charge in [0, 0.05) is 0 Å². The van der Waals surface area contributed by atoms with Crippen LogP contribution in [0.25, 0.3) is 11.1 Å². The van der Waals surface area contributed by atoms with E-state index in [9.17, 15) is 4.79 Å². The summed E-state index contributed by atoms with van der Waals surface area (Å²) in [5, 5.41) is 9.10. The predicted octanol–water partition coefficient (Wildman–Crippen LogP) is 5.16. The molecule has 0 fully saturated rings. The molecule has 0 aliphatic carbocycles. The van der Waals surface area contributed by atoms with Crippen molar-refractivity contribution in [2.45, 2.75) is 25.4 Å². The summed E-state index contributed by atoms with van der Waals surface area (Å²) < 4.78 is 23.1. The van der Waals surface area contributed by atoms with Gasteiger partial charge < -0.3 is 24.1 Å². The Bertz CT molecular complexity index is 1190. The van der Waals surface area contributed by atoms with E-state index in [2.05, 4.69) is 11.8 Å². The average molecular weight is 459 g/mol. The van der Waals surface area contributed by atoms with Gasteiger partial charge in [-0.3, -0.25) is 4.79 Å². The first-order chi connectivity index (χ1) is 16.6. The number of carbonyl (C=O) groups is 1. The van der Waals surface area contributed by atoms with Gasteiger partial charge in [0.05, 0.1) is 19.4 Å². The molecule has 174 valence electrons. The minimum Gasteiger partial charge on any atom is -0.497 e. The molecule has 4 rings (SSSR count). The standard InChI is InChI=1S/C28H26O6/c1-3-4-21(16-28(29)30)19-7-12-24(13-8-19)32-17-25-18-33-26-14-9-22(15-27(26)34-25)20-5-10-23(31-2)11-6-20/h5-15,21,25H,16-18H2,1-2H3,(H,29,30)/t21?,25-/m0/s1. The Labute approximate surface area is 199 Å². The second-order valence-corrected chi connectivity index (χ2v) is 7.87. The van der Waals surface area contributed by atoms with Crippen LogP contribution in [0.15, 0.2) is 66.7 Å². The molecule has 3 aromatic rings. The molecule has 2 atom stereocenters. The van der Waals surface area contributed by atoms with Crippen molar-refractivity contribution in [2.75, 3.05) is 20.3 Å². The van der Waals surface area contributed by atoms with Crippen molar-refractivity contribution in [1.82, 2.24) is 0 Å². The minimum absolute atomic E-state index is 0.0355. The van der Waals surface area contributed by atoms with Crippen LogP contribution in [0.1, 0.15) is 24.8 Å². The Hall–Kier alpha value is -4.11. The third-order valence-electron chi connectivity index (χ3n) is 5.50. The summed E-state index contributed by atoms with van der Waals surface area (Å²) in [4.78, 5) is 11.1. The second kappa shape index (κ2) is 10.7. The summed E-state index contributed by atoms with van der Waals surface area (Å²) in [6.07, 6.45) is -0.296. The zero-order valence-corrected chi connectivity index (χ0v) is 19.1. The molecule has 0 aromatic heterocycles. The highest BCUT2D eigenvalue weighted by Crippen LogP contribution is 2.36. The van der Waals surface area contributed by atoms with E-state index in [-0.39, 0.29) is 18.4 Å². The van der Waals surface area contributed by atoms with Crippen molar-refractivity contribution in [3.8, 4) is 46.0 Å². The number of aliphatic carboxylic acids is 1. The SMILES string of the molecule is CC#CC(CC(=O)O)c1ccc(OC[C@H]2COc3ccc(-c4ccc(OC)cc4)cc3O2)cc1. The van der Waals surface area contributed by atoms with E-state index in [1.54, 1.807) is 14.0 Å². The van der Waals surface area contributed by atoms with Gasteiger partial charge in [-0.2, -0.15) is 0 Å². The van der Waals surface area contributed by atoms with Crippen molar-refractivity contribution < 1.29 is 28.8 Å². The average Bonchev–Trinajstić information content (AvgIpc) is 2.87. The van der Waals surface area contributed by atoms with Crippen LogP contribution >= 0.6 is 0 Å². The Balaban J connectivity index is 1.38. The maximum absolute atomic E-state index is 11.1. The molecule has 3 aromatic carbocycles. The van der Waals surface area contributed by atoms with Crippen molar-refractivity contribution in [2.24, 2.45) is 0 Å². The van der Waals surface area contributed by atoms with E-state index >= 15 is 0 Å². The fourth-order valence-corrected chi connectivity index (χ4v) is 3.75. The van der Waals surface area contributed by atoms with E-state index in [0.717, 1.165) is 22.4 Å². The highest BCUT2D eigenvalue weighted by Gasteiger charge is 2.22. The number of methoxy groups -OCH3 is 1. The second-order valence-electron chi connectivity index (χ2n) is 7.87. The molecule has 0 bridgehead atoms. The van der Waals surface area contributed by atoms with Crippen LogP contribution in [0.5, 0.6) is 23.0 Å². The zero-order chi connectivity index (χ0) is 23.9. The summed E-state index contributed by atoms with van der Waals surface area (Å²) in [5.74, 6) is 7.39. The zero-order valence-electron chi connectivity index (χ0n) is 19.1. The molecule has 0 saturated carbocycles.